The molecule has 1 heterocycles. The zero-order valence-corrected chi connectivity index (χ0v) is 14.7. The average Bonchev–Trinajstić information content (AvgIpc) is 2.85. The molecule has 0 amide bonds. The van der Waals surface area contributed by atoms with Crippen molar-refractivity contribution in [2.45, 2.75) is 19.2 Å². The van der Waals surface area contributed by atoms with Gasteiger partial charge in [0.25, 0.3) is 0 Å². The van der Waals surface area contributed by atoms with Crippen LogP contribution in [0.5, 0.6) is 0 Å². The highest BCUT2D eigenvalue weighted by atomic mass is 79.9. The minimum atomic E-state index is -0.211. The maximum absolute atomic E-state index is 13.3. The zero-order chi connectivity index (χ0) is 15.1. The molecule has 0 fully saturated rings. The lowest BCUT2D eigenvalue weighted by Crippen LogP contribution is -1.95. The number of hydrogen-bond donors (Lipinski definition) is 0. The van der Waals surface area contributed by atoms with E-state index in [2.05, 4.69) is 41.9 Å². The second kappa shape index (κ2) is 5.71. The van der Waals surface area contributed by atoms with Gasteiger partial charge in [-0.1, -0.05) is 28.1 Å². The van der Waals surface area contributed by atoms with Crippen LogP contribution in [0.2, 0.25) is 0 Å². The molecule has 4 heteroatoms. The first-order valence-corrected chi connectivity index (χ1v) is 8.60. The number of alkyl halides is 1. The molecule has 0 nitrogen and oxygen atoms in total. The van der Waals surface area contributed by atoms with Crippen molar-refractivity contribution < 1.29 is 4.39 Å². The Bertz CT molecular complexity index is 825. The van der Waals surface area contributed by atoms with E-state index in [0.29, 0.717) is 0 Å². The second-order valence-corrected chi connectivity index (χ2v) is 7.56. The van der Waals surface area contributed by atoms with E-state index in [1.54, 1.807) is 23.5 Å². The highest BCUT2D eigenvalue weighted by molar-refractivity contribution is 9.10. The van der Waals surface area contributed by atoms with Gasteiger partial charge in [0.1, 0.15) is 5.82 Å². The summed E-state index contributed by atoms with van der Waals surface area (Å²) >= 11 is 11.8. The normalized spacial score (nSPS) is 12.8. The summed E-state index contributed by atoms with van der Waals surface area (Å²) in [7, 11) is 0. The van der Waals surface area contributed by atoms with E-state index in [4.69, 9.17) is 11.6 Å². The Morgan fingerprint density at radius 2 is 1.86 bits per heavy atom. The quantitative estimate of drug-likeness (QED) is 0.429. The molecule has 0 bridgehead atoms. The number of benzene rings is 2. The smallest absolute Gasteiger partial charge is 0.124 e. The largest absolute Gasteiger partial charge is 0.207 e. The third-order valence-electron chi connectivity index (χ3n) is 3.57. The Labute approximate surface area is 140 Å². The predicted molar refractivity (Wildman–Crippen MR) is 93.1 cm³/mol. The second-order valence-electron chi connectivity index (χ2n) is 5.15. The van der Waals surface area contributed by atoms with Gasteiger partial charge in [-0.05, 0) is 60.2 Å². The third kappa shape index (κ3) is 2.87. The van der Waals surface area contributed by atoms with Crippen LogP contribution in [-0.4, -0.2) is 0 Å². The van der Waals surface area contributed by atoms with E-state index < -0.39 is 0 Å². The fourth-order valence-corrected chi connectivity index (χ4v) is 4.36. The van der Waals surface area contributed by atoms with Crippen molar-refractivity contribution in [2.24, 2.45) is 0 Å². The van der Waals surface area contributed by atoms with Crippen LogP contribution in [0.15, 0.2) is 40.9 Å². The topological polar surface area (TPSA) is 0 Å². The van der Waals surface area contributed by atoms with Gasteiger partial charge in [0.2, 0.25) is 0 Å². The summed E-state index contributed by atoms with van der Waals surface area (Å²) < 4.78 is 15.3. The minimum absolute atomic E-state index is 0.210. The molecular formula is C17H13BrClFS. The summed E-state index contributed by atoms with van der Waals surface area (Å²) in [5.74, 6) is -0.210. The molecule has 0 radical (unpaired) electrons. The van der Waals surface area contributed by atoms with E-state index in [-0.39, 0.29) is 11.2 Å². The van der Waals surface area contributed by atoms with Gasteiger partial charge in [-0.2, -0.15) is 0 Å². The molecule has 2 aromatic carbocycles. The standard InChI is InChI=1S/C17H13BrClFS/c1-9-6-14(18)10(2)5-13(9)17(19)16-7-11-3-4-12(20)8-15(11)21-16/h3-8,17H,1-2H3. The van der Waals surface area contributed by atoms with Crippen LogP contribution in [-0.2, 0) is 0 Å². The molecule has 0 aliphatic rings. The Hall–Kier alpha value is -0.900. The molecule has 0 aliphatic heterocycles. The first-order valence-electron chi connectivity index (χ1n) is 6.55. The SMILES string of the molecule is Cc1cc(C(Cl)c2cc3ccc(F)cc3s2)c(C)cc1Br. The van der Waals surface area contributed by atoms with E-state index in [1.807, 2.05) is 6.07 Å². The molecule has 0 saturated heterocycles. The molecular weight excluding hydrogens is 371 g/mol. The van der Waals surface area contributed by atoms with Crippen molar-refractivity contribution in [3.05, 3.63) is 68.3 Å². The van der Waals surface area contributed by atoms with Gasteiger partial charge in [0.05, 0.1) is 5.38 Å². The van der Waals surface area contributed by atoms with E-state index in [9.17, 15) is 4.39 Å². The fourth-order valence-electron chi connectivity index (χ4n) is 2.38. The molecule has 3 rings (SSSR count). The average molecular weight is 384 g/mol. The van der Waals surface area contributed by atoms with E-state index in [1.165, 1.54) is 6.07 Å². The number of hydrogen-bond acceptors (Lipinski definition) is 1. The Balaban J connectivity index is 2.07. The summed E-state index contributed by atoms with van der Waals surface area (Å²) in [5.41, 5.74) is 3.41. The Morgan fingerprint density at radius 3 is 2.62 bits per heavy atom. The molecule has 1 atom stereocenters. The third-order valence-corrected chi connectivity index (χ3v) is 6.19. The van der Waals surface area contributed by atoms with Gasteiger partial charge in [0.15, 0.2) is 0 Å². The van der Waals surface area contributed by atoms with Gasteiger partial charge in [-0.3, -0.25) is 0 Å². The van der Waals surface area contributed by atoms with Crippen molar-refractivity contribution in [2.75, 3.05) is 0 Å². The molecule has 1 aromatic heterocycles. The molecule has 0 aliphatic carbocycles. The Kier molecular flexibility index (Phi) is 4.08. The van der Waals surface area contributed by atoms with Crippen molar-refractivity contribution in [1.82, 2.24) is 0 Å². The number of rotatable bonds is 2. The van der Waals surface area contributed by atoms with Crippen LogP contribution in [0.4, 0.5) is 4.39 Å². The van der Waals surface area contributed by atoms with Crippen LogP contribution in [0.25, 0.3) is 10.1 Å². The van der Waals surface area contributed by atoms with Crippen molar-refractivity contribution in [3.63, 3.8) is 0 Å². The first kappa shape index (κ1) is 15.0. The molecule has 108 valence electrons. The monoisotopic (exact) mass is 382 g/mol. The highest BCUT2D eigenvalue weighted by Crippen LogP contribution is 2.39. The summed E-state index contributed by atoms with van der Waals surface area (Å²) in [6, 6.07) is 11.1. The summed E-state index contributed by atoms with van der Waals surface area (Å²) in [6.45, 7) is 4.11. The minimum Gasteiger partial charge on any atom is -0.207 e. The number of thiophene rings is 1. The van der Waals surface area contributed by atoms with Gasteiger partial charge < -0.3 is 0 Å². The lowest BCUT2D eigenvalue weighted by molar-refractivity contribution is 0.630. The lowest BCUT2D eigenvalue weighted by Gasteiger charge is -2.13. The Morgan fingerprint density at radius 1 is 1.10 bits per heavy atom. The molecule has 0 spiro atoms. The maximum Gasteiger partial charge on any atom is 0.124 e. The van der Waals surface area contributed by atoms with E-state index >= 15 is 0 Å². The van der Waals surface area contributed by atoms with Crippen molar-refractivity contribution in [1.29, 1.82) is 0 Å². The first-order chi connectivity index (χ1) is 9.95. The van der Waals surface area contributed by atoms with Crippen molar-refractivity contribution >= 4 is 49.0 Å². The van der Waals surface area contributed by atoms with Gasteiger partial charge in [-0.15, -0.1) is 22.9 Å². The van der Waals surface area contributed by atoms with Crippen LogP contribution in [0, 0.1) is 19.7 Å². The van der Waals surface area contributed by atoms with Crippen LogP contribution in [0.1, 0.15) is 26.9 Å². The van der Waals surface area contributed by atoms with Gasteiger partial charge >= 0.3 is 0 Å². The predicted octanol–water partition coefficient (Wildman–Crippen LogP) is 6.75. The summed E-state index contributed by atoms with van der Waals surface area (Å²) in [6.07, 6.45) is 0. The van der Waals surface area contributed by atoms with Crippen molar-refractivity contribution in [3.8, 4) is 0 Å². The lowest BCUT2D eigenvalue weighted by atomic mass is 10.0. The van der Waals surface area contributed by atoms with Gasteiger partial charge in [0, 0.05) is 14.0 Å². The maximum atomic E-state index is 13.3. The van der Waals surface area contributed by atoms with Gasteiger partial charge in [-0.25, -0.2) is 4.39 Å². The number of halogens is 3. The highest BCUT2D eigenvalue weighted by Gasteiger charge is 2.17. The molecule has 0 N–H and O–H groups in total. The molecule has 1 unspecified atom stereocenters. The molecule has 3 aromatic rings. The zero-order valence-electron chi connectivity index (χ0n) is 11.6. The van der Waals surface area contributed by atoms with E-state index in [0.717, 1.165) is 36.1 Å². The van der Waals surface area contributed by atoms with Crippen LogP contribution >= 0.6 is 38.9 Å². The van der Waals surface area contributed by atoms with Crippen LogP contribution in [0.3, 0.4) is 0 Å². The summed E-state index contributed by atoms with van der Waals surface area (Å²) in [4.78, 5) is 1.04. The number of fused-ring (bicyclic) bond motifs is 1. The fraction of sp³-hybridized carbons (Fsp3) is 0.176. The van der Waals surface area contributed by atoms with Crippen LogP contribution < -0.4 is 0 Å². The number of aryl methyl sites for hydroxylation is 2. The molecule has 0 saturated carbocycles. The molecule has 21 heavy (non-hydrogen) atoms. The summed E-state index contributed by atoms with van der Waals surface area (Å²) in [5, 5.41) is 0.825.